The molecular weight excluding hydrogens is 228 g/mol. The van der Waals surface area contributed by atoms with Gasteiger partial charge in [-0.15, -0.1) is 0 Å². The van der Waals surface area contributed by atoms with Crippen LogP contribution in [0.5, 0.6) is 5.75 Å². The molecular formula is C15H22O3. The summed E-state index contributed by atoms with van der Waals surface area (Å²) in [5.74, 6) is 0.630. The molecule has 0 amide bonds. The van der Waals surface area contributed by atoms with Gasteiger partial charge in [-0.1, -0.05) is 32.9 Å². The van der Waals surface area contributed by atoms with E-state index in [2.05, 4.69) is 37.6 Å². The van der Waals surface area contributed by atoms with Gasteiger partial charge >= 0.3 is 5.97 Å². The minimum absolute atomic E-state index is 0.0896. The number of benzene rings is 1. The van der Waals surface area contributed by atoms with E-state index < -0.39 is 0 Å². The highest BCUT2D eigenvalue weighted by atomic mass is 16.5. The normalized spacial score (nSPS) is 11.2. The number of aryl methyl sites for hydroxylation is 1. The molecule has 0 bridgehead atoms. The van der Waals surface area contributed by atoms with Gasteiger partial charge in [-0.05, 0) is 29.0 Å². The van der Waals surface area contributed by atoms with Crippen LogP contribution >= 0.6 is 0 Å². The third-order valence-corrected chi connectivity index (χ3v) is 2.97. The quantitative estimate of drug-likeness (QED) is 0.770. The molecule has 18 heavy (non-hydrogen) atoms. The van der Waals surface area contributed by atoms with Gasteiger partial charge in [-0.25, -0.2) is 0 Å². The van der Waals surface area contributed by atoms with Crippen molar-refractivity contribution in [3.8, 4) is 5.75 Å². The fraction of sp³-hybridized carbons (Fsp3) is 0.533. The summed E-state index contributed by atoms with van der Waals surface area (Å²) in [6.07, 6.45) is 1.01. The maximum atomic E-state index is 11.2. The number of carbonyl (C=O) groups is 1. The summed E-state index contributed by atoms with van der Waals surface area (Å²) >= 11 is 0. The summed E-state index contributed by atoms with van der Waals surface area (Å²) in [6, 6.07) is 6.15. The molecule has 0 N–H and O–H groups in total. The lowest BCUT2D eigenvalue weighted by molar-refractivity contribution is -0.140. The molecule has 1 rings (SSSR count). The van der Waals surface area contributed by atoms with Gasteiger partial charge in [0, 0.05) is 6.42 Å². The molecule has 0 radical (unpaired) electrons. The first-order valence-electron chi connectivity index (χ1n) is 6.12. The maximum Gasteiger partial charge on any atom is 0.305 e. The van der Waals surface area contributed by atoms with Crippen molar-refractivity contribution in [3.63, 3.8) is 0 Å². The molecule has 0 aliphatic carbocycles. The van der Waals surface area contributed by atoms with Crippen molar-refractivity contribution in [1.29, 1.82) is 0 Å². The molecule has 3 nitrogen and oxygen atoms in total. The van der Waals surface area contributed by atoms with Crippen LogP contribution < -0.4 is 4.74 Å². The summed E-state index contributed by atoms with van der Waals surface area (Å²) in [4.78, 5) is 11.2. The van der Waals surface area contributed by atoms with Crippen molar-refractivity contribution < 1.29 is 14.3 Å². The predicted molar refractivity (Wildman–Crippen MR) is 72.0 cm³/mol. The van der Waals surface area contributed by atoms with Crippen LogP contribution in [0.4, 0.5) is 0 Å². The number of carbonyl (C=O) groups excluding carboxylic acids is 1. The third-order valence-electron chi connectivity index (χ3n) is 2.97. The molecule has 0 aromatic heterocycles. The fourth-order valence-corrected chi connectivity index (χ4v) is 1.78. The Morgan fingerprint density at radius 3 is 2.39 bits per heavy atom. The van der Waals surface area contributed by atoms with Crippen LogP contribution in [0.3, 0.4) is 0 Å². The smallest absolute Gasteiger partial charge is 0.305 e. The monoisotopic (exact) mass is 250 g/mol. The van der Waals surface area contributed by atoms with Crippen molar-refractivity contribution >= 4 is 5.97 Å². The van der Waals surface area contributed by atoms with E-state index in [1.807, 2.05) is 6.07 Å². The molecule has 0 aliphatic heterocycles. The molecule has 0 saturated heterocycles. The van der Waals surface area contributed by atoms with Gasteiger partial charge < -0.3 is 9.47 Å². The van der Waals surface area contributed by atoms with Gasteiger partial charge in [-0.2, -0.15) is 0 Å². The Balaban J connectivity index is 2.96. The lowest BCUT2D eigenvalue weighted by Gasteiger charge is -2.21. The van der Waals surface area contributed by atoms with E-state index in [1.54, 1.807) is 7.11 Å². The van der Waals surface area contributed by atoms with Crippen molar-refractivity contribution in [1.82, 2.24) is 0 Å². The van der Waals surface area contributed by atoms with E-state index in [9.17, 15) is 4.79 Å². The molecule has 0 aliphatic rings. The molecule has 0 unspecified atom stereocenters. The molecule has 1 aromatic carbocycles. The molecule has 0 spiro atoms. The Kier molecular flexibility index (Phi) is 4.76. The first-order valence-corrected chi connectivity index (χ1v) is 6.12. The Bertz CT molecular complexity index is 416. The Morgan fingerprint density at radius 2 is 1.89 bits per heavy atom. The van der Waals surface area contributed by atoms with Crippen LogP contribution in [-0.4, -0.2) is 20.2 Å². The zero-order valence-corrected chi connectivity index (χ0v) is 11.9. The van der Waals surface area contributed by atoms with Gasteiger partial charge in [0.15, 0.2) is 0 Å². The van der Waals surface area contributed by atoms with Gasteiger partial charge in [0.1, 0.15) is 5.75 Å². The minimum Gasteiger partial charge on any atom is -0.496 e. The van der Waals surface area contributed by atoms with Crippen LogP contribution in [0.15, 0.2) is 18.2 Å². The van der Waals surface area contributed by atoms with Gasteiger partial charge in [0.05, 0.1) is 14.2 Å². The second-order valence-electron chi connectivity index (χ2n) is 5.35. The van der Waals surface area contributed by atoms with Crippen molar-refractivity contribution in [3.05, 3.63) is 29.3 Å². The van der Waals surface area contributed by atoms with E-state index in [1.165, 1.54) is 12.7 Å². The maximum absolute atomic E-state index is 11.2. The molecule has 0 fully saturated rings. The fourth-order valence-electron chi connectivity index (χ4n) is 1.78. The van der Waals surface area contributed by atoms with Crippen LogP contribution in [0.25, 0.3) is 0 Å². The summed E-state index contributed by atoms with van der Waals surface area (Å²) in [5.41, 5.74) is 2.38. The van der Waals surface area contributed by atoms with Crippen molar-refractivity contribution in [2.45, 2.75) is 39.0 Å². The van der Waals surface area contributed by atoms with Crippen molar-refractivity contribution in [2.24, 2.45) is 0 Å². The highest BCUT2D eigenvalue weighted by molar-refractivity contribution is 5.69. The van der Waals surface area contributed by atoms with Crippen LogP contribution in [-0.2, 0) is 21.4 Å². The second kappa shape index (κ2) is 5.89. The van der Waals surface area contributed by atoms with Crippen LogP contribution in [0.1, 0.15) is 38.3 Å². The number of rotatable bonds is 4. The van der Waals surface area contributed by atoms with Crippen LogP contribution in [0, 0.1) is 0 Å². The van der Waals surface area contributed by atoms with Crippen molar-refractivity contribution in [2.75, 3.05) is 14.2 Å². The average molecular weight is 250 g/mol. The number of esters is 1. The summed E-state index contributed by atoms with van der Waals surface area (Å²) in [6.45, 7) is 6.50. The second-order valence-corrected chi connectivity index (χ2v) is 5.35. The van der Waals surface area contributed by atoms with E-state index in [0.717, 1.165) is 11.3 Å². The van der Waals surface area contributed by atoms with Crippen LogP contribution in [0.2, 0.25) is 0 Å². The van der Waals surface area contributed by atoms with Gasteiger partial charge in [0.25, 0.3) is 0 Å². The van der Waals surface area contributed by atoms with E-state index in [-0.39, 0.29) is 11.4 Å². The highest BCUT2D eigenvalue weighted by Crippen LogP contribution is 2.28. The number of hydrogen-bond donors (Lipinski definition) is 0. The number of hydrogen-bond acceptors (Lipinski definition) is 3. The van der Waals surface area contributed by atoms with Gasteiger partial charge in [-0.3, -0.25) is 4.79 Å². The predicted octanol–water partition coefficient (Wildman–Crippen LogP) is 3.10. The molecule has 0 atom stereocenters. The summed E-state index contributed by atoms with van der Waals surface area (Å²) in [7, 11) is 3.05. The first kappa shape index (κ1) is 14.6. The average Bonchev–Trinajstić information content (AvgIpc) is 2.34. The van der Waals surface area contributed by atoms with Gasteiger partial charge in [0.2, 0.25) is 0 Å². The molecule has 0 heterocycles. The summed E-state index contributed by atoms with van der Waals surface area (Å²) in [5, 5.41) is 0. The minimum atomic E-state index is -0.196. The molecule has 3 heteroatoms. The molecule has 100 valence electrons. The molecule has 1 aromatic rings. The molecule has 0 saturated carbocycles. The number of ether oxygens (including phenoxy) is 2. The Labute approximate surface area is 109 Å². The first-order chi connectivity index (χ1) is 8.38. The topological polar surface area (TPSA) is 35.5 Å². The summed E-state index contributed by atoms with van der Waals surface area (Å²) < 4.78 is 9.99. The Morgan fingerprint density at radius 1 is 1.22 bits per heavy atom. The van der Waals surface area contributed by atoms with E-state index in [4.69, 9.17) is 4.74 Å². The van der Waals surface area contributed by atoms with E-state index in [0.29, 0.717) is 12.8 Å². The largest absolute Gasteiger partial charge is 0.496 e. The Hall–Kier alpha value is -1.51. The third kappa shape index (κ3) is 3.76. The zero-order valence-electron chi connectivity index (χ0n) is 11.9. The number of methoxy groups -OCH3 is 2. The highest BCUT2D eigenvalue weighted by Gasteiger charge is 2.16. The SMILES string of the molecule is COC(=O)CCc1cc(C(C)(C)C)ccc1OC. The van der Waals surface area contributed by atoms with E-state index >= 15 is 0 Å². The lowest BCUT2D eigenvalue weighted by atomic mass is 9.85. The zero-order chi connectivity index (χ0) is 13.8. The standard InChI is InChI=1S/C15H22O3/c1-15(2,3)12-7-8-13(17-4)11(10-12)6-9-14(16)18-5/h7-8,10H,6,9H2,1-5H3. The lowest BCUT2D eigenvalue weighted by Crippen LogP contribution is -2.12.